The number of aromatic amines is 1. The van der Waals surface area contributed by atoms with Gasteiger partial charge in [0.05, 0.1) is 26.0 Å². The van der Waals surface area contributed by atoms with Crippen molar-refractivity contribution in [3.8, 4) is 0 Å². The number of methoxy groups -OCH3 is 1. The van der Waals surface area contributed by atoms with Gasteiger partial charge in [-0.1, -0.05) is 42.8 Å². The first-order chi connectivity index (χ1) is 18.6. The summed E-state index contributed by atoms with van der Waals surface area (Å²) in [5.41, 5.74) is 3.18. The molecular weight excluding hydrogens is 504 g/mol. The zero-order chi connectivity index (χ0) is 26.5. The summed E-state index contributed by atoms with van der Waals surface area (Å²) in [7, 11) is 1.63. The molecule has 0 radical (unpaired) electrons. The van der Waals surface area contributed by atoms with E-state index < -0.39 is 6.04 Å². The van der Waals surface area contributed by atoms with Crippen molar-refractivity contribution in [2.24, 2.45) is 0 Å². The van der Waals surface area contributed by atoms with Crippen LogP contribution in [0.25, 0.3) is 10.9 Å². The molecule has 2 aromatic carbocycles. The Morgan fingerprint density at radius 2 is 2.00 bits per heavy atom. The van der Waals surface area contributed by atoms with Gasteiger partial charge in [0.15, 0.2) is 5.82 Å². The van der Waals surface area contributed by atoms with Crippen molar-refractivity contribution < 1.29 is 9.15 Å². The van der Waals surface area contributed by atoms with Crippen molar-refractivity contribution in [1.82, 2.24) is 30.1 Å². The number of rotatable bonds is 11. The molecule has 0 unspecified atom stereocenters. The summed E-state index contributed by atoms with van der Waals surface area (Å²) in [5.74, 6) is 1.26. The van der Waals surface area contributed by atoms with Crippen LogP contribution in [0.1, 0.15) is 41.2 Å². The van der Waals surface area contributed by atoms with Gasteiger partial charge in [-0.2, -0.15) is 0 Å². The van der Waals surface area contributed by atoms with E-state index >= 15 is 0 Å². The molecule has 3 aromatic heterocycles. The highest BCUT2D eigenvalue weighted by Crippen LogP contribution is 2.31. The minimum absolute atomic E-state index is 0.211. The average molecular weight is 533 g/mol. The Kier molecular flexibility index (Phi) is 7.97. The number of halogens is 1. The molecule has 1 N–H and O–H groups in total. The summed E-state index contributed by atoms with van der Waals surface area (Å²) in [6.07, 6.45) is 2.52. The molecule has 38 heavy (non-hydrogen) atoms. The summed E-state index contributed by atoms with van der Waals surface area (Å²) in [4.78, 5) is 18.8. The second kappa shape index (κ2) is 11.7. The molecule has 3 heterocycles. The number of hydrogen-bond donors (Lipinski definition) is 1. The molecule has 0 spiro atoms. The average Bonchev–Trinajstić information content (AvgIpc) is 3.61. The van der Waals surface area contributed by atoms with Crippen LogP contribution >= 0.6 is 11.6 Å². The highest BCUT2D eigenvalue weighted by atomic mass is 35.5. The van der Waals surface area contributed by atoms with E-state index in [9.17, 15) is 4.79 Å². The number of nitrogens with one attached hydrogen (secondary N) is 1. The van der Waals surface area contributed by atoms with E-state index in [1.165, 1.54) is 5.56 Å². The smallest absolute Gasteiger partial charge is 0.253 e. The third-order valence-corrected chi connectivity index (χ3v) is 6.96. The topological polar surface area (TPSA) is 102 Å². The summed E-state index contributed by atoms with van der Waals surface area (Å²) in [5, 5.41) is 14.2. The Hall–Kier alpha value is -3.79. The molecule has 0 fully saturated rings. The second-order valence-corrected chi connectivity index (χ2v) is 9.47. The standard InChI is InChI=1S/C28H29ClN6O3/c1-3-19-10-11-25-21(15-19)16-23(28(36)30-25)26(27-31-32-33-35(27)12-14-37-2)34(18-22-8-6-13-38-22)17-20-7-4-5-9-24(20)29/h4-11,13,15-16,26H,3,12,14,17-18H2,1-2H3,(H,30,36)/t26-/m0/s1. The van der Waals surface area contributed by atoms with Crippen LogP contribution in [0.4, 0.5) is 0 Å². The number of aryl methyl sites for hydroxylation is 1. The van der Waals surface area contributed by atoms with E-state index in [-0.39, 0.29) is 5.56 Å². The van der Waals surface area contributed by atoms with Crippen molar-refractivity contribution >= 4 is 22.5 Å². The minimum atomic E-state index is -0.610. The number of fused-ring (bicyclic) bond motifs is 1. The molecule has 0 aliphatic carbocycles. The Balaban J connectivity index is 1.70. The van der Waals surface area contributed by atoms with Crippen LogP contribution < -0.4 is 5.56 Å². The maximum atomic E-state index is 13.6. The van der Waals surface area contributed by atoms with E-state index in [0.717, 1.165) is 28.6 Å². The van der Waals surface area contributed by atoms with E-state index in [4.69, 9.17) is 20.8 Å². The Morgan fingerprint density at radius 3 is 2.76 bits per heavy atom. The zero-order valence-electron chi connectivity index (χ0n) is 21.3. The van der Waals surface area contributed by atoms with Crippen molar-refractivity contribution in [3.05, 3.63) is 111 Å². The van der Waals surface area contributed by atoms with Crippen LogP contribution in [0.15, 0.2) is 76.1 Å². The summed E-state index contributed by atoms with van der Waals surface area (Å²) >= 11 is 6.59. The number of H-pyrrole nitrogens is 1. The van der Waals surface area contributed by atoms with Gasteiger partial charge >= 0.3 is 0 Å². The van der Waals surface area contributed by atoms with E-state index in [2.05, 4.69) is 38.4 Å². The number of tetrazole rings is 1. The molecule has 1 atom stereocenters. The van der Waals surface area contributed by atoms with Crippen LogP contribution in [0.2, 0.25) is 5.02 Å². The van der Waals surface area contributed by atoms with Crippen LogP contribution in [0, 0.1) is 0 Å². The number of aromatic nitrogens is 5. The van der Waals surface area contributed by atoms with Gasteiger partial charge < -0.3 is 14.1 Å². The van der Waals surface area contributed by atoms with Crippen molar-refractivity contribution in [1.29, 1.82) is 0 Å². The summed E-state index contributed by atoms with van der Waals surface area (Å²) in [6.45, 7) is 3.78. The molecular formula is C28H29ClN6O3. The number of nitrogens with zero attached hydrogens (tertiary/aromatic N) is 5. The molecule has 9 nitrogen and oxygen atoms in total. The number of pyridine rings is 1. The first kappa shape index (κ1) is 25.8. The zero-order valence-corrected chi connectivity index (χ0v) is 22.1. The van der Waals surface area contributed by atoms with Crippen LogP contribution in [0.3, 0.4) is 0 Å². The Bertz CT molecular complexity index is 1560. The molecule has 0 saturated carbocycles. The monoisotopic (exact) mass is 532 g/mol. The van der Waals surface area contributed by atoms with E-state index in [0.29, 0.717) is 42.7 Å². The Morgan fingerprint density at radius 1 is 1.13 bits per heavy atom. The van der Waals surface area contributed by atoms with Gasteiger partial charge in [-0.15, -0.1) is 5.10 Å². The molecule has 0 aliphatic heterocycles. The molecule has 0 saturated heterocycles. The lowest BCUT2D eigenvalue weighted by Gasteiger charge is -2.30. The number of hydrogen-bond acceptors (Lipinski definition) is 7. The number of benzene rings is 2. The predicted octanol–water partition coefficient (Wildman–Crippen LogP) is 4.76. The molecule has 5 rings (SSSR count). The molecule has 5 aromatic rings. The minimum Gasteiger partial charge on any atom is -0.468 e. The van der Waals surface area contributed by atoms with Crippen molar-refractivity contribution in [3.63, 3.8) is 0 Å². The lowest BCUT2D eigenvalue weighted by molar-refractivity contribution is 0.163. The molecule has 0 amide bonds. The molecule has 196 valence electrons. The fourth-order valence-corrected chi connectivity index (χ4v) is 4.82. The maximum absolute atomic E-state index is 13.6. The fourth-order valence-electron chi connectivity index (χ4n) is 4.63. The quantitative estimate of drug-likeness (QED) is 0.261. The SMILES string of the molecule is CCc1ccc2[nH]c(=O)c([C@@H](c3nnnn3CCOC)N(Cc3ccco3)Cc3ccccc3Cl)cc2c1. The molecule has 0 bridgehead atoms. The van der Waals surface area contributed by atoms with Crippen molar-refractivity contribution in [2.75, 3.05) is 13.7 Å². The highest BCUT2D eigenvalue weighted by Gasteiger charge is 2.31. The van der Waals surface area contributed by atoms with Gasteiger partial charge in [0, 0.05) is 29.8 Å². The lowest BCUT2D eigenvalue weighted by Crippen LogP contribution is -2.35. The third-order valence-electron chi connectivity index (χ3n) is 6.59. The third kappa shape index (κ3) is 5.55. The molecule has 10 heteroatoms. The van der Waals surface area contributed by atoms with Gasteiger partial charge in [-0.25, -0.2) is 4.68 Å². The first-order valence-electron chi connectivity index (χ1n) is 12.5. The number of ether oxygens (including phenoxy) is 1. The first-order valence-corrected chi connectivity index (χ1v) is 12.9. The summed E-state index contributed by atoms with van der Waals surface area (Å²) in [6, 6.07) is 18.8. The van der Waals surface area contributed by atoms with Crippen LogP contribution in [-0.4, -0.2) is 43.8 Å². The van der Waals surface area contributed by atoms with Crippen molar-refractivity contribution in [2.45, 2.75) is 39.0 Å². The normalized spacial score (nSPS) is 12.4. The highest BCUT2D eigenvalue weighted by molar-refractivity contribution is 6.31. The summed E-state index contributed by atoms with van der Waals surface area (Å²) < 4.78 is 12.7. The van der Waals surface area contributed by atoms with Crippen LogP contribution in [-0.2, 0) is 30.8 Å². The van der Waals surface area contributed by atoms with Crippen LogP contribution in [0.5, 0.6) is 0 Å². The molecule has 0 aliphatic rings. The van der Waals surface area contributed by atoms with Gasteiger partial charge in [0.25, 0.3) is 5.56 Å². The lowest BCUT2D eigenvalue weighted by atomic mass is 10.0. The van der Waals surface area contributed by atoms with Gasteiger partial charge in [0.1, 0.15) is 11.8 Å². The maximum Gasteiger partial charge on any atom is 0.253 e. The number of furan rings is 1. The van der Waals surface area contributed by atoms with E-state index in [1.807, 2.05) is 54.6 Å². The van der Waals surface area contributed by atoms with Gasteiger partial charge in [0.2, 0.25) is 0 Å². The fraction of sp³-hybridized carbons (Fsp3) is 0.286. The predicted molar refractivity (Wildman–Crippen MR) is 145 cm³/mol. The Labute approximate surface area is 225 Å². The van der Waals surface area contributed by atoms with Gasteiger partial charge in [-0.3, -0.25) is 9.69 Å². The van der Waals surface area contributed by atoms with Gasteiger partial charge in [-0.05, 0) is 69.8 Å². The second-order valence-electron chi connectivity index (χ2n) is 9.06. The largest absolute Gasteiger partial charge is 0.468 e. The van der Waals surface area contributed by atoms with E-state index in [1.54, 1.807) is 18.1 Å².